The molecule has 2 fully saturated rings. The molecule has 0 radical (unpaired) electrons. The summed E-state index contributed by atoms with van der Waals surface area (Å²) in [4.78, 5) is 27.7. The second-order valence-electron chi connectivity index (χ2n) is 7.79. The van der Waals surface area contributed by atoms with Crippen LogP contribution in [0, 0.1) is 6.92 Å². The summed E-state index contributed by atoms with van der Waals surface area (Å²) < 4.78 is 11.0. The number of ether oxygens (including phenoxy) is 2. The van der Waals surface area contributed by atoms with Crippen molar-refractivity contribution in [3.05, 3.63) is 69.8 Å². The van der Waals surface area contributed by atoms with E-state index in [9.17, 15) is 14.7 Å². The van der Waals surface area contributed by atoms with Gasteiger partial charge >= 0.3 is 0 Å². The Morgan fingerprint density at radius 3 is 2.71 bits per heavy atom. The van der Waals surface area contributed by atoms with Gasteiger partial charge < -0.3 is 19.5 Å². The first kappa shape index (κ1) is 21.4. The van der Waals surface area contributed by atoms with Crippen LogP contribution in [0.4, 0.5) is 0 Å². The largest absolute Gasteiger partial charge is 0.507 e. The molecular weight excluding hydrogens is 418 g/mol. The number of rotatable bonds is 5. The highest BCUT2D eigenvalue weighted by molar-refractivity contribution is 6.47. The summed E-state index contributed by atoms with van der Waals surface area (Å²) >= 11 is 6.33. The molecule has 6 nitrogen and oxygen atoms in total. The van der Waals surface area contributed by atoms with E-state index in [1.54, 1.807) is 18.2 Å². The number of Topliss-reactive ketones (excluding diaryl/α,β-unsaturated/α-hetero) is 1. The third kappa shape index (κ3) is 3.93. The summed E-state index contributed by atoms with van der Waals surface area (Å²) in [7, 11) is 1.50. The highest BCUT2D eigenvalue weighted by Gasteiger charge is 2.47. The molecule has 2 aliphatic heterocycles. The Balaban J connectivity index is 1.88. The van der Waals surface area contributed by atoms with Crippen LogP contribution in [0.2, 0.25) is 5.02 Å². The van der Waals surface area contributed by atoms with Crippen LogP contribution < -0.4 is 4.74 Å². The van der Waals surface area contributed by atoms with Crippen LogP contribution in [0.1, 0.15) is 35.6 Å². The lowest BCUT2D eigenvalue weighted by atomic mass is 9.92. The number of hydrogen-bond donors (Lipinski definition) is 1. The number of halogens is 1. The number of amides is 1. The van der Waals surface area contributed by atoms with Gasteiger partial charge in [0.25, 0.3) is 11.7 Å². The van der Waals surface area contributed by atoms with E-state index in [4.69, 9.17) is 21.1 Å². The Kier molecular flexibility index (Phi) is 6.03. The van der Waals surface area contributed by atoms with Crippen LogP contribution in [-0.4, -0.2) is 48.1 Å². The van der Waals surface area contributed by atoms with Gasteiger partial charge in [0, 0.05) is 18.7 Å². The van der Waals surface area contributed by atoms with Gasteiger partial charge in [-0.1, -0.05) is 35.9 Å². The smallest absolute Gasteiger partial charge is 0.295 e. The SMILES string of the molecule is COc1ccc(Cl)c(/C(O)=C2\C(=O)C(=O)N(CC3CCCO3)C2c2ccccc2C)c1. The number of nitrogens with zero attached hydrogens (tertiary/aromatic N) is 1. The Labute approximate surface area is 186 Å². The van der Waals surface area contributed by atoms with E-state index in [-0.39, 0.29) is 34.6 Å². The molecule has 162 valence electrons. The summed E-state index contributed by atoms with van der Waals surface area (Å²) in [6, 6.07) is 11.6. The molecule has 1 N–H and O–H groups in total. The van der Waals surface area contributed by atoms with E-state index >= 15 is 0 Å². The van der Waals surface area contributed by atoms with Crippen molar-refractivity contribution in [3.8, 4) is 5.75 Å². The first-order valence-corrected chi connectivity index (χ1v) is 10.6. The van der Waals surface area contributed by atoms with Crippen LogP contribution in [0.25, 0.3) is 5.76 Å². The van der Waals surface area contributed by atoms with Crippen molar-refractivity contribution in [2.24, 2.45) is 0 Å². The molecule has 2 atom stereocenters. The van der Waals surface area contributed by atoms with E-state index in [2.05, 4.69) is 0 Å². The maximum atomic E-state index is 13.1. The first-order chi connectivity index (χ1) is 14.9. The van der Waals surface area contributed by atoms with Gasteiger partial charge in [-0.3, -0.25) is 9.59 Å². The summed E-state index contributed by atoms with van der Waals surface area (Å²) in [6.45, 7) is 2.84. The van der Waals surface area contributed by atoms with E-state index < -0.39 is 17.7 Å². The van der Waals surface area contributed by atoms with Crippen LogP contribution in [-0.2, 0) is 14.3 Å². The average Bonchev–Trinajstić information content (AvgIpc) is 3.36. The summed E-state index contributed by atoms with van der Waals surface area (Å²) in [5.41, 5.74) is 1.96. The number of carbonyl (C=O) groups excluding carboxylic acids is 2. The number of carbonyl (C=O) groups is 2. The van der Waals surface area contributed by atoms with Crippen LogP contribution in [0.5, 0.6) is 5.75 Å². The van der Waals surface area contributed by atoms with Crippen molar-refractivity contribution in [1.82, 2.24) is 4.90 Å². The number of aliphatic hydroxyl groups excluding tert-OH is 1. The highest BCUT2D eigenvalue weighted by atomic mass is 35.5. The Morgan fingerprint density at radius 2 is 2.03 bits per heavy atom. The van der Waals surface area contributed by atoms with Crippen LogP contribution >= 0.6 is 11.6 Å². The number of aliphatic hydroxyl groups is 1. The molecule has 31 heavy (non-hydrogen) atoms. The number of ketones is 1. The molecule has 0 aromatic heterocycles. The molecule has 0 bridgehead atoms. The lowest BCUT2D eigenvalue weighted by Gasteiger charge is -2.28. The monoisotopic (exact) mass is 441 g/mol. The van der Waals surface area contributed by atoms with Crippen molar-refractivity contribution < 1.29 is 24.2 Å². The Bertz CT molecular complexity index is 1060. The number of likely N-dealkylation sites (tertiary alicyclic amines) is 1. The van der Waals surface area contributed by atoms with Crippen molar-refractivity contribution in [2.75, 3.05) is 20.3 Å². The summed E-state index contributed by atoms with van der Waals surface area (Å²) in [5, 5.41) is 11.5. The van der Waals surface area contributed by atoms with Gasteiger partial charge in [0.2, 0.25) is 0 Å². The van der Waals surface area contributed by atoms with Gasteiger partial charge in [0.1, 0.15) is 11.5 Å². The van der Waals surface area contributed by atoms with Gasteiger partial charge in [-0.2, -0.15) is 0 Å². The van der Waals surface area contributed by atoms with Gasteiger partial charge in [0.05, 0.1) is 29.9 Å². The molecule has 0 spiro atoms. The molecule has 2 aliphatic rings. The van der Waals surface area contributed by atoms with Gasteiger partial charge in [-0.25, -0.2) is 0 Å². The second kappa shape index (κ2) is 8.73. The quantitative estimate of drug-likeness (QED) is 0.426. The average molecular weight is 442 g/mol. The molecule has 0 saturated carbocycles. The zero-order valence-corrected chi connectivity index (χ0v) is 18.2. The normalized spacial score (nSPS) is 22.9. The summed E-state index contributed by atoms with van der Waals surface area (Å²) in [5.74, 6) is -1.22. The molecule has 2 unspecified atom stereocenters. The van der Waals surface area contributed by atoms with E-state index in [1.165, 1.54) is 12.0 Å². The fourth-order valence-electron chi connectivity index (χ4n) is 4.25. The highest BCUT2D eigenvalue weighted by Crippen LogP contribution is 2.42. The van der Waals surface area contributed by atoms with E-state index in [0.717, 1.165) is 24.0 Å². The summed E-state index contributed by atoms with van der Waals surface area (Å²) in [6.07, 6.45) is 1.61. The Morgan fingerprint density at radius 1 is 1.26 bits per heavy atom. The topological polar surface area (TPSA) is 76.1 Å². The molecule has 2 saturated heterocycles. The maximum absolute atomic E-state index is 13.1. The predicted molar refractivity (Wildman–Crippen MR) is 117 cm³/mol. The first-order valence-electron chi connectivity index (χ1n) is 10.2. The van der Waals surface area contributed by atoms with Gasteiger partial charge in [-0.15, -0.1) is 0 Å². The minimum absolute atomic E-state index is 0.0208. The van der Waals surface area contributed by atoms with Crippen molar-refractivity contribution in [1.29, 1.82) is 0 Å². The predicted octanol–water partition coefficient (Wildman–Crippen LogP) is 4.26. The van der Waals surface area contributed by atoms with Crippen molar-refractivity contribution in [2.45, 2.75) is 31.9 Å². The van der Waals surface area contributed by atoms with Crippen molar-refractivity contribution in [3.63, 3.8) is 0 Å². The molecule has 2 heterocycles. The standard InChI is InChI=1S/C24H24ClNO5/c1-14-6-3-4-8-17(14)21-20(22(27)18-12-15(30-2)9-10-19(18)25)23(28)24(29)26(21)13-16-7-5-11-31-16/h3-4,6,8-10,12,16,21,27H,5,7,11,13H2,1-2H3/b22-20+. The fraction of sp³-hybridized carbons (Fsp3) is 0.333. The van der Waals surface area contributed by atoms with Crippen LogP contribution in [0.15, 0.2) is 48.0 Å². The number of methoxy groups -OCH3 is 1. The van der Waals surface area contributed by atoms with Crippen molar-refractivity contribution >= 4 is 29.1 Å². The fourth-order valence-corrected chi connectivity index (χ4v) is 4.46. The molecule has 1 amide bonds. The minimum atomic E-state index is -0.734. The second-order valence-corrected chi connectivity index (χ2v) is 8.20. The molecule has 4 rings (SSSR count). The van der Waals surface area contributed by atoms with Gasteiger partial charge in [-0.05, 0) is 49.1 Å². The van der Waals surface area contributed by atoms with Crippen LogP contribution in [0.3, 0.4) is 0 Å². The zero-order chi connectivity index (χ0) is 22.1. The molecule has 7 heteroatoms. The maximum Gasteiger partial charge on any atom is 0.295 e. The number of aryl methyl sites for hydroxylation is 1. The molecule has 0 aliphatic carbocycles. The van der Waals surface area contributed by atoms with Gasteiger partial charge in [0.15, 0.2) is 0 Å². The number of benzene rings is 2. The molecule has 2 aromatic carbocycles. The minimum Gasteiger partial charge on any atom is -0.507 e. The Hall–Kier alpha value is -2.83. The third-order valence-corrected chi connectivity index (χ3v) is 6.21. The third-order valence-electron chi connectivity index (χ3n) is 5.88. The molecular formula is C24H24ClNO5. The number of hydrogen-bond acceptors (Lipinski definition) is 5. The van der Waals surface area contributed by atoms with E-state index in [0.29, 0.717) is 12.4 Å². The zero-order valence-electron chi connectivity index (χ0n) is 17.4. The lowest BCUT2D eigenvalue weighted by molar-refractivity contribution is -0.140. The lowest BCUT2D eigenvalue weighted by Crippen LogP contribution is -2.36. The molecule has 2 aromatic rings. The van der Waals surface area contributed by atoms with E-state index in [1.807, 2.05) is 31.2 Å².